The summed E-state index contributed by atoms with van der Waals surface area (Å²) in [6, 6.07) is 11.9. The van der Waals surface area contributed by atoms with Gasteiger partial charge < -0.3 is 4.74 Å². The van der Waals surface area contributed by atoms with E-state index in [1.165, 1.54) is 12.1 Å². The number of methoxy groups -OCH3 is 1. The Morgan fingerprint density at radius 1 is 1.21 bits per heavy atom. The minimum absolute atomic E-state index is 0.304. The Bertz CT molecular complexity index is 557. The van der Waals surface area contributed by atoms with Crippen LogP contribution in [0.2, 0.25) is 0 Å². The van der Waals surface area contributed by atoms with Crippen molar-refractivity contribution in [3.63, 3.8) is 0 Å². The van der Waals surface area contributed by atoms with E-state index in [2.05, 4.69) is 21.4 Å². The standard InChI is InChI=1S/C14H14BrFN2O/c1-19-13-4-2-3-9(7-13)14(18-17)10-5-11(15)8-12(16)6-10/h2-8,14,18H,17H2,1H3. The van der Waals surface area contributed by atoms with Crippen molar-refractivity contribution in [2.75, 3.05) is 7.11 Å². The van der Waals surface area contributed by atoms with E-state index in [-0.39, 0.29) is 11.9 Å². The van der Waals surface area contributed by atoms with E-state index < -0.39 is 0 Å². The summed E-state index contributed by atoms with van der Waals surface area (Å²) < 4.78 is 19.3. The molecule has 5 heteroatoms. The Labute approximate surface area is 119 Å². The first-order valence-electron chi connectivity index (χ1n) is 5.70. The van der Waals surface area contributed by atoms with Gasteiger partial charge in [-0.1, -0.05) is 28.1 Å². The van der Waals surface area contributed by atoms with Crippen LogP contribution in [0.25, 0.3) is 0 Å². The van der Waals surface area contributed by atoms with Crippen molar-refractivity contribution in [2.24, 2.45) is 5.84 Å². The van der Waals surface area contributed by atoms with Crippen molar-refractivity contribution in [1.29, 1.82) is 0 Å². The molecule has 19 heavy (non-hydrogen) atoms. The maximum absolute atomic E-state index is 13.5. The fourth-order valence-electron chi connectivity index (χ4n) is 1.95. The predicted molar refractivity (Wildman–Crippen MR) is 76.3 cm³/mol. The maximum Gasteiger partial charge on any atom is 0.124 e. The Hall–Kier alpha value is -1.43. The number of hydrogen-bond acceptors (Lipinski definition) is 3. The molecule has 1 unspecified atom stereocenters. The Kier molecular flexibility index (Phi) is 4.52. The smallest absolute Gasteiger partial charge is 0.124 e. The molecular formula is C14H14BrFN2O. The van der Waals surface area contributed by atoms with E-state index in [4.69, 9.17) is 10.6 Å². The van der Waals surface area contributed by atoms with Gasteiger partial charge in [-0.2, -0.15) is 0 Å². The summed E-state index contributed by atoms with van der Waals surface area (Å²) in [6.45, 7) is 0. The lowest BCUT2D eigenvalue weighted by atomic mass is 9.99. The lowest BCUT2D eigenvalue weighted by Gasteiger charge is -2.18. The van der Waals surface area contributed by atoms with Gasteiger partial charge in [0.25, 0.3) is 0 Å². The van der Waals surface area contributed by atoms with Crippen molar-refractivity contribution in [2.45, 2.75) is 6.04 Å². The Balaban J connectivity index is 2.43. The van der Waals surface area contributed by atoms with E-state index in [0.717, 1.165) is 16.9 Å². The molecule has 0 amide bonds. The van der Waals surface area contributed by atoms with Gasteiger partial charge in [-0.05, 0) is 41.5 Å². The monoisotopic (exact) mass is 324 g/mol. The summed E-state index contributed by atoms with van der Waals surface area (Å²) >= 11 is 3.28. The largest absolute Gasteiger partial charge is 0.497 e. The number of ether oxygens (including phenoxy) is 1. The van der Waals surface area contributed by atoms with Gasteiger partial charge in [-0.25, -0.2) is 9.82 Å². The molecule has 0 aliphatic carbocycles. The minimum Gasteiger partial charge on any atom is -0.497 e. The van der Waals surface area contributed by atoms with E-state index in [9.17, 15) is 4.39 Å². The van der Waals surface area contributed by atoms with Gasteiger partial charge in [0.2, 0.25) is 0 Å². The molecule has 0 aliphatic rings. The second kappa shape index (κ2) is 6.14. The van der Waals surface area contributed by atoms with E-state index in [1.807, 2.05) is 30.3 Å². The molecule has 0 heterocycles. The molecule has 3 nitrogen and oxygen atoms in total. The van der Waals surface area contributed by atoms with Crippen LogP contribution in [-0.2, 0) is 0 Å². The van der Waals surface area contributed by atoms with Crippen LogP contribution in [0, 0.1) is 5.82 Å². The first kappa shape index (κ1) is 14.0. The van der Waals surface area contributed by atoms with Gasteiger partial charge in [0.1, 0.15) is 11.6 Å². The minimum atomic E-state index is -0.312. The number of halogens is 2. The lowest BCUT2D eigenvalue weighted by molar-refractivity contribution is 0.413. The zero-order chi connectivity index (χ0) is 13.8. The molecular weight excluding hydrogens is 311 g/mol. The molecule has 2 aromatic carbocycles. The molecule has 0 saturated heterocycles. The third-order valence-corrected chi connectivity index (χ3v) is 3.27. The molecule has 2 aromatic rings. The van der Waals surface area contributed by atoms with Gasteiger partial charge in [0, 0.05) is 4.47 Å². The summed E-state index contributed by atoms with van der Waals surface area (Å²) in [5.74, 6) is 6.02. The molecule has 0 aromatic heterocycles. The van der Waals surface area contributed by atoms with Gasteiger partial charge >= 0.3 is 0 Å². The molecule has 0 radical (unpaired) electrons. The van der Waals surface area contributed by atoms with Gasteiger partial charge in [-0.15, -0.1) is 0 Å². The number of hydrogen-bond donors (Lipinski definition) is 2. The van der Waals surface area contributed by atoms with Crippen molar-refractivity contribution in [1.82, 2.24) is 5.43 Å². The van der Waals surface area contributed by atoms with Gasteiger partial charge in [0.15, 0.2) is 0 Å². The van der Waals surface area contributed by atoms with Crippen molar-refractivity contribution < 1.29 is 9.13 Å². The fraction of sp³-hybridized carbons (Fsp3) is 0.143. The molecule has 0 saturated carbocycles. The van der Waals surface area contributed by atoms with E-state index >= 15 is 0 Å². The molecule has 1 atom stereocenters. The van der Waals surface area contributed by atoms with E-state index in [0.29, 0.717) is 4.47 Å². The summed E-state index contributed by atoms with van der Waals surface area (Å²) in [5, 5.41) is 0. The van der Waals surface area contributed by atoms with Crippen LogP contribution in [0.1, 0.15) is 17.2 Å². The molecule has 3 N–H and O–H groups in total. The third kappa shape index (κ3) is 3.32. The van der Waals surface area contributed by atoms with Crippen LogP contribution in [0.4, 0.5) is 4.39 Å². The second-order valence-electron chi connectivity index (χ2n) is 4.08. The van der Waals surface area contributed by atoms with Crippen LogP contribution in [0.5, 0.6) is 5.75 Å². The zero-order valence-corrected chi connectivity index (χ0v) is 11.9. The van der Waals surface area contributed by atoms with Crippen LogP contribution in [0.15, 0.2) is 46.9 Å². The summed E-state index contributed by atoms with van der Waals surface area (Å²) in [7, 11) is 1.60. The maximum atomic E-state index is 13.5. The van der Waals surface area contributed by atoms with E-state index in [1.54, 1.807) is 7.11 Å². The molecule has 0 spiro atoms. The number of hydrazine groups is 1. The average Bonchev–Trinajstić information content (AvgIpc) is 2.39. The topological polar surface area (TPSA) is 47.3 Å². The summed E-state index contributed by atoms with van der Waals surface area (Å²) in [6.07, 6.45) is 0. The van der Waals surface area contributed by atoms with Gasteiger partial charge in [0.05, 0.1) is 13.2 Å². The second-order valence-corrected chi connectivity index (χ2v) is 4.99. The number of nitrogens with one attached hydrogen (secondary N) is 1. The Morgan fingerprint density at radius 2 is 2.00 bits per heavy atom. The zero-order valence-electron chi connectivity index (χ0n) is 10.4. The van der Waals surface area contributed by atoms with Crippen LogP contribution in [-0.4, -0.2) is 7.11 Å². The predicted octanol–water partition coefficient (Wildman–Crippen LogP) is 3.15. The molecule has 0 bridgehead atoms. The van der Waals surface area contributed by atoms with Crippen molar-refractivity contribution in [3.05, 3.63) is 63.9 Å². The highest BCUT2D eigenvalue weighted by Crippen LogP contribution is 2.27. The van der Waals surface area contributed by atoms with Crippen molar-refractivity contribution >= 4 is 15.9 Å². The lowest BCUT2D eigenvalue weighted by Crippen LogP contribution is -2.28. The normalized spacial score (nSPS) is 12.2. The fourth-order valence-corrected chi connectivity index (χ4v) is 2.43. The summed E-state index contributed by atoms with van der Waals surface area (Å²) in [5.41, 5.74) is 4.34. The molecule has 0 fully saturated rings. The first-order chi connectivity index (χ1) is 9.13. The molecule has 100 valence electrons. The van der Waals surface area contributed by atoms with Crippen LogP contribution in [0.3, 0.4) is 0 Å². The average molecular weight is 325 g/mol. The summed E-state index contributed by atoms with van der Waals surface area (Å²) in [4.78, 5) is 0. The van der Waals surface area contributed by atoms with Crippen LogP contribution >= 0.6 is 15.9 Å². The van der Waals surface area contributed by atoms with Crippen LogP contribution < -0.4 is 16.0 Å². The first-order valence-corrected chi connectivity index (χ1v) is 6.49. The highest BCUT2D eigenvalue weighted by atomic mass is 79.9. The number of nitrogens with two attached hydrogens (primary N) is 1. The number of benzene rings is 2. The highest BCUT2D eigenvalue weighted by Gasteiger charge is 2.14. The SMILES string of the molecule is COc1cccc(C(NN)c2cc(F)cc(Br)c2)c1. The molecule has 2 rings (SSSR count). The Morgan fingerprint density at radius 3 is 2.63 bits per heavy atom. The van der Waals surface area contributed by atoms with Crippen molar-refractivity contribution in [3.8, 4) is 5.75 Å². The highest BCUT2D eigenvalue weighted by molar-refractivity contribution is 9.10. The third-order valence-electron chi connectivity index (χ3n) is 2.81. The molecule has 0 aliphatic heterocycles. The number of rotatable bonds is 4. The van der Waals surface area contributed by atoms with Gasteiger partial charge in [-0.3, -0.25) is 5.84 Å². The quantitative estimate of drug-likeness (QED) is 0.671.